The highest BCUT2D eigenvalue weighted by Gasteiger charge is 2.15. The second-order valence-corrected chi connectivity index (χ2v) is 4.74. The molecule has 2 aromatic rings. The van der Waals surface area contributed by atoms with Gasteiger partial charge in [0.15, 0.2) is 0 Å². The number of benzene rings is 1. The number of amides is 1. The molecule has 8 heteroatoms. The fourth-order valence-electron chi connectivity index (χ4n) is 1.59. The van der Waals surface area contributed by atoms with E-state index in [4.69, 9.17) is 4.74 Å². The molecule has 0 unspecified atom stereocenters. The third-order valence-corrected chi connectivity index (χ3v) is 2.99. The number of nitro groups is 1. The first-order valence-corrected chi connectivity index (χ1v) is 6.28. The van der Waals surface area contributed by atoms with Crippen LogP contribution in [0.5, 0.6) is 5.75 Å². The number of hydrogen-bond acceptors (Lipinski definition) is 4. The van der Waals surface area contributed by atoms with E-state index in [2.05, 4.69) is 26.2 Å². The van der Waals surface area contributed by atoms with Gasteiger partial charge in [-0.2, -0.15) is 0 Å². The zero-order valence-corrected chi connectivity index (χ0v) is 11.9. The Morgan fingerprint density at radius 2 is 2.20 bits per heavy atom. The van der Waals surface area contributed by atoms with Gasteiger partial charge in [-0.05, 0) is 28.1 Å². The lowest BCUT2D eigenvalue weighted by Crippen LogP contribution is -2.13. The summed E-state index contributed by atoms with van der Waals surface area (Å²) in [6, 6.07) is 5.59. The smallest absolute Gasteiger partial charge is 0.273 e. The monoisotopic (exact) mass is 339 g/mol. The zero-order valence-electron chi connectivity index (χ0n) is 10.3. The molecule has 2 rings (SSSR count). The van der Waals surface area contributed by atoms with Crippen LogP contribution in [0.1, 0.15) is 10.5 Å². The van der Waals surface area contributed by atoms with Crippen molar-refractivity contribution < 1.29 is 14.5 Å². The number of nitrogens with zero attached hydrogens (tertiary/aromatic N) is 1. The highest BCUT2D eigenvalue weighted by Crippen LogP contribution is 2.29. The second kappa shape index (κ2) is 5.74. The van der Waals surface area contributed by atoms with E-state index in [1.807, 2.05) is 0 Å². The molecule has 0 spiro atoms. The molecule has 7 nitrogen and oxygen atoms in total. The van der Waals surface area contributed by atoms with Gasteiger partial charge in [0, 0.05) is 16.7 Å². The molecule has 0 radical (unpaired) electrons. The Hall–Kier alpha value is -2.35. The minimum atomic E-state index is -0.532. The van der Waals surface area contributed by atoms with Crippen LogP contribution in [0, 0.1) is 10.1 Å². The number of nitro benzene ring substituents is 1. The number of non-ortho nitro benzene ring substituents is 1. The first kappa shape index (κ1) is 14.1. The Balaban J connectivity index is 2.25. The number of rotatable bonds is 4. The molecule has 20 heavy (non-hydrogen) atoms. The third-order valence-electron chi connectivity index (χ3n) is 2.54. The Morgan fingerprint density at radius 1 is 1.45 bits per heavy atom. The summed E-state index contributed by atoms with van der Waals surface area (Å²) < 4.78 is 5.79. The predicted molar refractivity (Wildman–Crippen MR) is 76.1 cm³/mol. The third kappa shape index (κ3) is 2.97. The number of aromatic nitrogens is 1. The van der Waals surface area contributed by atoms with Crippen LogP contribution >= 0.6 is 15.9 Å². The van der Waals surface area contributed by atoms with Gasteiger partial charge in [-0.15, -0.1) is 0 Å². The van der Waals surface area contributed by atoms with E-state index in [-0.39, 0.29) is 17.3 Å². The van der Waals surface area contributed by atoms with Crippen molar-refractivity contribution in [2.45, 2.75) is 0 Å². The molecule has 0 aliphatic rings. The summed E-state index contributed by atoms with van der Waals surface area (Å²) in [4.78, 5) is 24.9. The maximum Gasteiger partial charge on any atom is 0.273 e. The van der Waals surface area contributed by atoms with E-state index >= 15 is 0 Å². The number of H-pyrrole nitrogens is 1. The van der Waals surface area contributed by atoms with Gasteiger partial charge in [0.25, 0.3) is 11.6 Å². The number of methoxy groups -OCH3 is 1. The number of nitrogens with one attached hydrogen (secondary N) is 2. The van der Waals surface area contributed by atoms with Crippen LogP contribution in [-0.4, -0.2) is 22.9 Å². The molecule has 0 bridgehead atoms. The van der Waals surface area contributed by atoms with Crippen molar-refractivity contribution in [3.8, 4) is 5.75 Å². The summed E-state index contributed by atoms with van der Waals surface area (Å²) in [7, 11) is 1.37. The topological polar surface area (TPSA) is 97.3 Å². The SMILES string of the molecule is COc1cc([N+](=O)[O-])ccc1NC(=O)c1cc(Br)c[nH]1. The molecule has 1 heterocycles. The van der Waals surface area contributed by atoms with Crippen LogP contribution in [-0.2, 0) is 0 Å². The molecule has 1 aromatic heterocycles. The molecule has 0 aliphatic heterocycles. The van der Waals surface area contributed by atoms with E-state index in [0.29, 0.717) is 11.4 Å². The summed E-state index contributed by atoms with van der Waals surface area (Å²) in [6.45, 7) is 0. The molecule has 0 saturated heterocycles. The number of aromatic amines is 1. The van der Waals surface area contributed by atoms with Gasteiger partial charge < -0.3 is 15.0 Å². The molecule has 0 saturated carbocycles. The Bertz CT molecular complexity index is 668. The first-order chi connectivity index (χ1) is 9.51. The predicted octanol–water partition coefficient (Wildman–Crippen LogP) is 2.95. The van der Waals surface area contributed by atoms with Crippen LogP contribution in [0.15, 0.2) is 34.9 Å². The molecule has 1 aromatic carbocycles. The maximum absolute atomic E-state index is 12.0. The quantitative estimate of drug-likeness (QED) is 0.660. The van der Waals surface area contributed by atoms with Crippen molar-refractivity contribution in [1.82, 2.24) is 4.98 Å². The van der Waals surface area contributed by atoms with Crippen molar-refractivity contribution in [2.75, 3.05) is 12.4 Å². The minimum absolute atomic E-state index is 0.109. The normalized spacial score (nSPS) is 10.1. The van der Waals surface area contributed by atoms with Crippen LogP contribution < -0.4 is 10.1 Å². The summed E-state index contributed by atoms with van der Waals surface area (Å²) in [6.07, 6.45) is 1.63. The first-order valence-electron chi connectivity index (χ1n) is 5.49. The van der Waals surface area contributed by atoms with Crippen molar-refractivity contribution in [1.29, 1.82) is 0 Å². The van der Waals surface area contributed by atoms with Gasteiger partial charge >= 0.3 is 0 Å². The molecule has 0 aliphatic carbocycles. The highest BCUT2D eigenvalue weighted by molar-refractivity contribution is 9.10. The van der Waals surface area contributed by atoms with Gasteiger partial charge in [0.2, 0.25) is 0 Å². The Kier molecular flexibility index (Phi) is 4.04. The lowest BCUT2D eigenvalue weighted by atomic mass is 10.2. The average Bonchev–Trinajstić information content (AvgIpc) is 2.85. The minimum Gasteiger partial charge on any atom is -0.494 e. The van der Waals surface area contributed by atoms with Gasteiger partial charge in [-0.25, -0.2) is 0 Å². The number of carbonyl (C=O) groups is 1. The van der Waals surface area contributed by atoms with Crippen LogP contribution in [0.3, 0.4) is 0 Å². The maximum atomic E-state index is 12.0. The molecule has 104 valence electrons. The molecular weight excluding hydrogens is 330 g/mol. The van der Waals surface area contributed by atoms with E-state index in [0.717, 1.165) is 4.47 Å². The molecule has 0 fully saturated rings. The molecular formula is C12H10BrN3O4. The molecule has 0 atom stereocenters. The van der Waals surface area contributed by atoms with Gasteiger partial charge in [0.1, 0.15) is 11.4 Å². The van der Waals surface area contributed by atoms with Gasteiger partial charge in [-0.3, -0.25) is 14.9 Å². The van der Waals surface area contributed by atoms with E-state index in [1.165, 1.54) is 25.3 Å². The number of hydrogen-bond donors (Lipinski definition) is 2. The summed E-state index contributed by atoms with van der Waals surface area (Å²) in [5.41, 5.74) is 0.605. The van der Waals surface area contributed by atoms with Crippen molar-refractivity contribution in [3.05, 3.63) is 50.7 Å². The van der Waals surface area contributed by atoms with Crippen molar-refractivity contribution in [2.24, 2.45) is 0 Å². The zero-order chi connectivity index (χ0) is 14.7. The largest absolute Gasteiger partial charge is 0.494 e. The lowest BCUT2D eigenvalue weighted by molar-refractivity contribution is -0.384. The number of carbonyl (C=O) groups excluding carboxylic acids is 1. The van der Waals surface area contributed by atoms with Gasteiger partial charge in [0.05, 0.1) is 23.8 Å². The van der Waals surface area contributed by atoms with Crippen molar-refractivity contribution in [3.63, 3.8) is 0 Å². The fraction of sp³-hybridized carbons (Fsp3) is 0.0833. The standard InChI is InChI=1S/C12H10BrN3O4/c1-20-11-5-8(16(18)19)2-3-9(11)15-12(17)10-4-7(13)6-14-10/h2-6,14H,1H3,(H,15,17). The van der Waals surface area contributed by atoms with E-state index < -0.39 is 4.92 Å². The summed E-state index contributed by atoms with van der Waals surface area (Å²) in [5.74, 6) is -0.152. The molecule has 1 amide bonds. The second-order valence-electron chi connectivity index (χ2n) is 3.83. The number of ether oxygens (including phenoxy) is 1. The van der Waals surface area contributed by atoms with Crippen LogP contribution in [0.2, 0.25) is 0 Å². The van der Waals surface area contributed by atoms with Gasteiger partial charge in [-0.1, -0.05) is 0 Å². The fourth-order valence-corrected chi connectivity index (χ4v) is 1.93. The van der Waals surface area contributed by atoms with Crippen LogP contribution in [0.25, 0.3) is 0 Å². The summed E-state index contributed by atoms with van der Waals surface area (Å²) >= 11 is 3.23. The van der Waals surface area contributed by atoms with Crippen LogP contribution in [0.4, 0.5) is 11.4 Å². The number of anilines is 1. The number of halogens is 1. The lowest BCUT2D eigenvalue weighted by Gasteiger charge is -2.09. The van der Waals surface area contributed by atoms with E-state index in [1.54, 1.807) is 12.3 Å². The summed E-state index contributed by atoms with van der Waals surface area (Å²) in [5, 5.41) is 13.3. The average molecular weight is 340 g/mol. The Morgan fingerprint density at radius 3 is 2.75 bits per heavy atom. The Labute approximate surface area is 122 Å². The van der Waals surface area contributed by atoms with E-state index in [9.17, 15) is 14.9 Å². The molecule has 2 N–H and O–H groups in total. The highest BCUT2D eigenvalue weighted by atomic mass is 79.9. The van der Waals surface area contributed by atoms with Crippen molar-refractivity contribution >= 4 is 33.2 Å².